The molecule has 0 bridgehead atoms. The van der Waals surface area contributed by atoms with Gasteiger partial charge in [0.2, 0.25) is 11.0 Å². The van der Waals surface area contributed by atoms with Crippen LogP contribution in [0.3, 0.4) is 0 Å². The first-order valence-corrected chi connectivity index (χ1v) is 8.84. The van der Waals surface area contributed by atoms with E-state index in [0.717, 1.165) is 11.3 Å². The van der Waals surface area contributed by atoms with Crippen molar-refractivity contribution in [3.05, 3.63) is 29.3 Å². The fraction of sp³-hybridized carbons (Fsp3) is 0.308. The third-order valence-corrected chi connectivity index (χ3v) is 4.46. The second kappa shape index (κ2) is 7.74. The molecule has 0 aliphatic rings. The quantitative estimate of drug-likeness (QED) is 0.843. The van der Waals surface area contributed by atoms with E-state index in [2.05, 4.69) is 15.5 Å². The van der Waals surface area contributed by atoms with Gasteiger partial charge in [-0.15, -0.1) is 10.2 Å². The van der Waals surface area contributed by atoms with Crippen molar-refractivity contribution in [2.24, 2.45) is 5.73 Å². The fourth-order valence-electron chi connectivity index (χ4n) is 1.59. The third kappa shape index (κ3) is 4.67. The summed E-state index contributed by atoms with van der Waals surface area (Å²) in [6, 6.07) is 6.80. The molecule has 1 aromatic carbocycles. The van der Waals surface area contributed by atoms with Gasteiger partial charge in [0.05, 0.1) is 6.04 Å². The summed E-state index contributed by atoms with van der Waals surface area (Å²) in [7, 11) is 0. The summed E-state index contributed by atoms with van der Waals surface area (Å²) in [5.74, 6) is 0.608. The standard InChI is InChI=1S/C13H15ClN4OS2/c1-20-6-5-10(15)11(19)16-13-18-17-12(21-13)8-3-2-4-9(14)7-8/h2-4,7,10H,5-6,15H2,1H3,(H,16,18,19)/t10-/m0/s1. The molecule has 0 unspecified atom stereocenters. The first-order valence-electron chi connectivity index (χ1n) is 6.25. The third-order valence-electron chi connectivity index (χ3n) is 2.70. The van der Waals surface area contributed by atoms with Crippen LogP contribution in [0.15, 0.2) is 24.3 Å². The summed E-state index contributed by atoms with van der Waals surface area (Å²) >= 11 is 8.89. The Labute approximate surface area is 136 Å². The topological polar surface area (TPSA) is 80.9 Å². The van der Waals surface area contributed by atoms with Gasteiger partial charge in [-0.3, -0.25) is 10.1 Å². The Morgan fingerprint density at radius 3 is 3.05 bits per heavy atom. The SMILES string of the molecule is CSCC[C@H](N)C(=O)Nc1nnc(-c2cccc(Cl)c2)s1. The lowest BCUT2D eigenvalue weighted by Gasteiger charge is -2.08. The number of amides is 1. The van der Waals surface area contributed by atoms with Crippen LogP contribution in [0, 0.1) is 0 Å². The van der Waals surface area contributed by atoms with Crippen molar-refractivity contribution in [2.45, 2.75) is 12.5 Å². The molecular weight excluding hydrogens is 328 g/mol. The molecule has 0 saturated carbocycles. The highest BCUT2D eigenvalue weighted by atomic mass is 35.5. The molecule has 21 heavy (non-hydrogen) atoms. The summed E-state index contributed by atoms with van der Waals surface area (Å²) in [4.78, 5) is 11.9. The van der Waals surface area contributed by atoms with Crippen LogP contribution in [-0.2, 0) is 4.79 Å². The number of halogens is 1. The van der Waals surface area contributed by atoms with E-state index in [1.807, 2.05) is 18.4 Å². The number of nitrogens with one attached hydrogen (secondary N) is 1. The monoisotopic (exact) mass is 342 g/mol. The molecule has 1 aromatic heterocycles. The molecule has 0 aliphatic carbocycles. The van der Waals surface area contributed by atoms with E-state index in [4.69, 9.17) is 17.3 Å². The van der Waals surface area contributed by atoms with Gasteiger partial charge < -0.3 is 5.73 Å². The fourth-order valence-corrected chi connectivity index (χ4v) is 3.01. The number of nitrogens with two attached hydrogens (primary N) is 1. The van der Waals surface area contributed by atoms with E-state index in [1.54, 1.807) is 23.9 Å². The van der Waals surface area contributed by atoms with Crippen LogP contribution in [0.4, 0.5) is 5.13 Å². The number of benzene rings is 1. The van der Waals surface area contributed by atoms with E-state index >= 15 is 0 Å². The maximum absolute atomic E-state index is 11.9. The lowest BCUT2D eigenvalue weighted by atomic mass is 10.2. The molecule has 0 aliphatic heterocycles. The minimum atomic E-state index is -0.532. The largest absolute Gasteiger partial charge is 0.320 e. The number of carbonyl (C=O) groups excluding carboxylic acids is 1. The van der Waals surface area contributed by atoms with Crippen LogP contribution in [0.25, 0.3) is 10.6 Å². The average Bonchev–Trinajstić information content (AvgIpc) is 2.93. The summed E-state index contributed by atoms with van der Waals surface area (Å²) in [5.41, 5.74) is 6.67. The zero-order chi connectivity index (χ0) is 15.2. The van der Waals surface area contributed by atoms with Crippen molar-refractivity contribution in [1.82, 2.24) is 10.2 Å². The lowest BCUT2D eigenvalue weighted by molar-refractivity contribution is -0.117. The zero-order valence-corrected chi connectivity index (χ0v) is 13.8. The van der Waals surface area contributed by atoms with Crippen LogP contribution in [0.2, 0.25) is 5.02 Å². The minimum Gasteiger partial charge on any atom is -0.320 e. The van der Waals surface area contributed by atoms with Crippen LogP contribution in [0.5, 0.6) is 0 Å². The zero-order valence-electron chi connectivity index (χ0n) is 11.4. The average molecular weight is 343 g/mol. The molecule has 1 amide bonds. The Morgan fingerprint density at radius 2 is 2.33 bits per heavy atom. The van der Waals surface area contributed by atoms with Crippen LogP contribution in [0.1, 0.15) is 6.42 Å². The molecule has 0 spiro atoms. The Hall–Kier alpha value is -1.15. The van der Waals surface area contributed by atoms with E-state index in [0.29, 0.717) is 21.6 Å². The number of anilines is 1. The van der Waals surface area contributed by atoms with Crippen LogP contribution in [-0.4, -0.2) is 34.2 Å². The predicted molar refractivity (Wildman–Crippen MR) is 90.0 cm³/mol. The molecule has 0 fully saturated rings. The van der Waals surface area contributed by atoms with Crippen molar-refractivity contribution in [3.63, 3.8) is 0 Å². The molecule has 112 valence electrons. The van der Waals surface area contributed by atoms with Gasteiger partial charge in [-0.25, -0.2) is 0 Å². The van der Waals surface area contributed by atoms with Crippen LogP contribution >= 0.6 is 34.7 Å². The molecule has 1 heterocycles. The second-order valence-electron chi connectivity index (χ2n) is 4.30. The normalized spacial score (nSPS) is 12.1. The van der Waals surface area contributed by atoms with E-state index in [9.17, 15) is 4.79 Å². The Balaban J connectivity index is 2.02. The summed E-state index contributed by atoms with van der Waals surface area (Å²) in [6.45, 7) is 0. The maximum Gasteiger partial charge on any atom is 0.243 e. The minimum absolute atomic E-state index is 0.238. The van der Waals surface area contributed by atoms with Gasteiger partial charge >= 0.3 is 0 Å². The summed E-state index contributed by atoms with van der Waals surface area (Å²) in [5, 5.41) is 12.5. The van der Waals surface area contributed by atoms with Gasteiger partial charge in [-0.2, -0.15) is 11.8 Å². The van der Waals surface area contributed by atoms with Crippen molar-refractivity contribution >= 4 is 45.7 Å². The number of carbonyl (C=O) groups is 1. The first-order chi connectivity index (χ1) is 10.1. The van der Waals surface area contributed by atoms with Crippen LogP contribution < -0.4 is 11.1 Å². The maximum atomic E-state index is 11.9. The number of rotatable bonds is 6. The van der Waals surface area contributed by atoms with E-state index in [1.165, 1.54) is 11.3 Å². The number of nitrogens with zero attached hydrogens (tertiary/aromatic N) is 2. The van der Waals surface area contributed by atoms with Crippen molar-refractivity contribution in [3.8, 4) is 10.6 Å². The van der Waals surface area contributed by atoms with Crippen molar-refractivity contribution in [2.75, 3.05) is 17.3 Å². The van der Waals surface area contributed by atoms with E-state index in [-0.39, 0.29) is 5.91 Å². The van der Waals surface area contributed by atoms with Gasteiger partial charge in [0, 0.05) is 10.6 Å². The van der Waals surface area contributed by atoms with E-state index < -0.39 is 6.04 Å². The van der Waals surface area contributed by atoms with Crippen molar-refractivity contribution in [1.29, 1.82) is 0 Å². The lowest BCUT2D eigenvalue weighted by Crippen LogP contribution is -2.36. The summed E-state index contributed by atoms with van der Waals surface area (Å²) in [6.07, 6.45) is 2.61. The molecule has 1 atom stereocenters. The smallest absolute Gasteiger partial charge is 0.243 e. The molecular formula is C13H15ClN4OS2. The molecule has 5 nitrogen and oxygen atoms in total. The highest BCUT2D eigenvalue weighted by Gasteiger charge is 2.15. The Morgan fingerprint density at radius 1 is 1.52 bits per heavy atom. The molecule has 3 N–H and O–H groups in total. The summed E-state index contributed by atoms with van der Waals surface area (Å²) < 4.78 is 0. The number of hydrogen-bond donors (Lipinski definition) is 2. The Bertz CT molecular complexity index is 620. The molecule has 0 radical (unpaired) electrons. The Kier molecular flexibility index (Phi) is 5.98. The van der Waals surface area contributed by atoms with Gasteiger partial charge in [0.25, 0.3) is 0 Å². The second-order valence-corrected chi connectivity index (χ2v) is 6.70. The highest BCUT2D eigenvalue weighted by molar-refractivity contribution is 7.98. The van der Waals surface area contributed by atoms with Gasteiger partial charge in [-0.05, 0) is 30.6 Å². The predicted octanol–water partition coefficient (Wildman–Crippen LogP) is 2.88. The number of aromatic nitrogens is 2. The highest BCUT2D eigenvalue weighted by Crippen LogP contribution is 2.28. The first kappa shape index (κ1) is 16.2. The molecule has 0 saturated heterocycles. The molecule has 8 heteroatoms. The number of hydrogen-bond acceptors (Lipinski definition) is 6. The van der Waals surface area contributed by atoms with Gasteiger partial charge in [0.1, 0.15) is 5.01 Å². The van der Waals surface area contributed by atoms with Crippen molar-refractivity contribution < 1.29 is 4.79 Å². The number of thioether (sulfide) groups is 1. The molecule has 2 rings (SSSR count). The van der Waals surface area contributed by atoms with Gasteiger partial charge in [-0.1, -0.05) is 35.1 Å². The molecule has 2 aromatic rings. The van der Waals surface area contributed by atoms with Gasteiger partial charge in [0.15, 0.2) is 0 Å².